The van der Waals surface area contributed by atoms with Gasteiger partial charge in [-0.3, -0.25) is 0 Å². The number of imidazole rings is 1. The largest absolute Gasteiger partial charge is 0.478 e. The molecule has 0 atom stereocenters. The van der Waals surface area contributed by atoms with Crippen molar-refractivity contribution in [1.29, 1.82) is 0 Å². The first-order valence-corrected chi connectivity index (χ1v) is 10.8. The first kappa shape index (κ1) is 22.8. The van der Waals surface area contributed by atoms with Crippen LogP contribution in [-0.4, -0.2) is 31.2 Å². The lowest BCUT2D eigenvalue weighted by atomic mass is 10.1. The van der Waals surface area contributed by atoms with E-state index in [0.29, 0.717) is 28.4 Å². The number of ether oxygens (including phenoxy) is 1. The zero-order valence-electron chi connectivity index (χ0n) is 18.0. The average Bonchev–Trinajstić information content (AvgIpc) is 3.32. The lowest BCUT2D eigenvalue weighted by molar-refractivity contribution is -0.152. The Kier molecular flexibility index (Phi) is 5.65. The van der Waals surface area contributed by atoms with Crippen molar-refractivity contribution >= 4 is 28.3 Å². The first-order valence-electron chi connectivity index (χ1n) is 9.96. The monoisotopic (exact) mass is 475 g/mol. The SMILES string of the molecule is Cc1nc(-c2ccc(C(F)(F)F)cc2)sc1Cn1cnc2c(OC(C)(C)C(=O)O)cccc21. The fourth-order valence-electron chi connectivity index (χ4n) is 3.24. The van der Waals surface area contributed by atoms with Crippen LogP contribution in [0.1, 0.15) is 30.0 Å². The Morgan fingerprint density at radius 1 is 1.15 bits per heavy atom. The van der Waals surface area contributed by atoms with E-state index >= 15 is 0 Å². The Bertz CT molecular complexity index is 1320. The summed E-state index contributed by atoms with van der Waals surface area (Å²) in [6.07, 6.45) is -2.74. The number of para-hydroxylation sites is 1. The van der Waals surface area contributed by atoms with Gasteiger partial charge in [0.2, 0.25) is 0 Å². The van der Waals surface area contributed by atoms with Crippen LogP contribution in [0.4, 0.5) is 13.2 Å². The quantitative estimate of drug-likeness (QED) is 0.383. The number of carboxylic acid groups (broad SMARTS) is 1. The number of hydrogen-bond acceptors (Lipinski definition) is 5. The fraction of sp³-hybridized carbons (Fsp3) is 0.261. The van der Waals surface area contributed by atoms with Gasteiger partial charge in [-0.05, 0) is 45.0 Å². The van der Waals surface area contributed by atoms with Gasteiger partial charge in [0, 0.05) is 10.4 Å². The molecule has 33 heavy (non-hydrogen) atoms. The molecule has 0 aliphatic rings. The maximum atomic E-state index is 12.8. The van der Waals surface area contributed by atoms with Crippen molar-refractivity contribution in [3.63, 3.8) is 0 Å². The van der Waals surface area contributed by atoms with Gasteiger partial charge >= 0.3 is 12.1 Å². The van der Waals surface area contributed by atoms with Crippen molar-refractivity contribution in [1.82, 2.24) is 14.5 Å². The molecule has 0 unspecified atom stereocenters. The van der Waals surface area contributed by atoms with Crippen molar-refractivity contribution in [3.05, 3.63) is 64.9 Å². The van der Waals surface area contributed by atoms with Crippen LogP contribution in [0.5, 0.6) is 5.75 Å². The minimum Gasteiger partial charge on any atom is -0.478 e. The number of benzene rings is 2. The zero-order chi connectivity index (χ0) is 24.0. The Labute approximate surface area is 191 Å². The molecule has 4 aromatic rings. The highest BCUT2D eigenvalue weighted by Crippen LogP contribution is 2.34. The second kappa shape index (κ2) is 8.18. The Hall–Kier alpha value is -3.40. The summed E-state index contributed by atoms with van der Waals surface area (Å²) < 4.78 is 46.1. The molecule has 6 nitrogen and oxygen atoms in total. The van der Waals surface area contributed by atoms with Gasteiger partial charge in [-0.1, -0.05) is 18.2 Å². The van der Waals surface area contributed by atoms with Gasteiger partial charge < -0.3 is 14.4 Å². The van der Waals surface area contributed by atoms with Crippen LogP contribution in [0, 0.1) is 6.92 Å². The maximum absolute atomic E-state index is 12.8. The number of hydrogen-bond donors (Lipinski definition) is 1. The number of carbonyl (C=O) groups is 1. The number of alkyl halides is 3. The number of aromatic nitrogens is 3. The number of rotatable bonds is 6. The highest BCUT2D eigenvalue weighted by atomic mass is 32.1. The summed E-state index contributed by atoms with van der Waals surface area (Å²) in [4.78, 5) is 21.3. The van der Waals surface area contributed by atoms with Crippen LogP contribution in [0.15, 0.2) is 48.8 Å². The van der Waals surface area contributed by atoms with E-state index in [9.17, 15) is 23.1 Å². The van der Waals surface area contributed by atoms with Gasteiger partial charge in [0.1, 0.15) is 16.3 Å². The molecule has 172 valence electrons. The van der Waals surface area contributed by atoms with Crippen molar-refractivity contribution in [2.24, 2.45) is 0 Å². The number of carboxylic acids is 1. The predicted molar refractivity (Wildman–Crippen MR) is 118 cm³/mol. The molecular formula is C23H20F3N3O3S. The van der Waals surface area contributed by atoms with E-state index in [2.05, 4.69) is 9.97 Å². The van der Waals surface area contributed by atoms with Crippen molar-refractivity contribution in [3.8, 4) is 16.3 Å². The van der Waals surface area contributed by atoms with Crippen molar-refractivity contribution in [2.45, 2.75) is 39.1 Å². The van der Waals surface area contributed by atoms with Crippen molar-refractivity contribution < 1.29 is 27.8 Å². The lowest BCUT2D eigenvalue weighted by Gasteiger charge is -2.21. The molecule has 10 heteroatoms. The smallest absolute Gasteiger partial charge is 0.416 e. The summed E-state index contributed by atoms with van der Waals surface area (Å²) in [7, 11) is 0. The molecule has 0 radical (unpaired) electrons. The van der Waals surface area contributed by atoms with E-state index < -0.39 is 23.3 Å². The van der Waals surface area contributed by atoms with Crippen LogP contribution in [0.3, 0.4) is 0 Å². The van der Waals surface area contributed by atoms with Gasteiger partial charge in [-0.25, -0.2) is 14.8 Å². The standard InChI is InChI=1S/C23H20F3N3O3S/c1-13-18(33-20(28-13)14-7-9-15(10-8-14)23(24,25)26)11-29-12-27-19-16(29)5-4-6-17(19)32-22(2,3)21(30)31/h4-10,12H,11H2,1-3H3,(H,30,31). The molecule has 0 bridgehead atoms. The molecule has 2 aromatic carbocycles. The maximum Gasteiger partial charge on any atom is 0.416 e. The number of aliphatic carboxylic acids is 1. The third-order valence-electron chi connectivity index (χ3n) is 5.16. The third kappa shape index (κ3) is 4.56. The topological polar surface area (TPSA) is 77.2 Å². The molecule has 4 rings (SSSR count). The second-order valence-electron chi connectivity index (χ2n) is 8.02. The molecule has 2 aromatic heterocycles. The van der Waals surface area contributed by atoms with E-state index in [1.54, 1.807) is 18.5 Å². The molecule has 0 saturated heterocycles. The molecule has 0 saturated carbocycles. The molecule has 0 amide bonds. The van der Waals surface area contributed by atoms with Crippen LogP contribution >= 0.6 is 11.3 Å². The Morgan fingerprint density at radius 2 is 1.85 bits per heavy atom. The highest BCUT2D eigenvalue weighted by molar-refractivity contribution is 7.15. The van der Waals surface area contributed by atoms with Gasteiger partial charge in [0.05, 0.1) is 29.6 Å². The normalized spacial score (nSPS) is 12.3. The molecule has 0 aliphatic heterocycles. The third-order valence-corrected chi connectivity index (χ3v) is 6.35. The zero-order valence-corrected chi connectivity index (χ0v) is 18.8. The number of halogens is 3. The highest BCUT2D eigenvalue weighted by Gasteiger charge is 2.31. The molecule has 0 spiro atoms. The van der Waals surface area contributed by atoms with Crippen LogP contribution in [0.25, 0.3) is 21.6 Å². The minimum absolute atomic E-state index is 0.366. The van der Waals surface area contributed by atoms with E-state index in [0.717, 1.165) is 28.2 Å². The summed E-state index contributed by atoms with van der Waals surface area (Å²) in [5, 5.41) is 9.98. The summed E-state index contributed by atoms with van der Waals surface area (Å²) in [5.74, 6) is -0.722. The van der Waals surface area contributed by atoms with Gasteiger partial charge in [-0.15, -0.1) is 11.3 Å². The lowest BCUT2D eigenvalue weighted by Crippen LogP contribution is -2.37. The van der Waals surface area contributed by atoms with Gasteiger partial charge in [-0.2, -0.15) is 13.2 Å². The number of nitrogens with zero attached hydrogens (tertiary/aromatic N) is 3. The fourth-order valence-corrected chi connectivity index (χ4v) is 4.31. The Morgan fingerprint density at radius 3 is 2.48 bits per heavy atom. The van der Waals surface area contributed by atoms with E-state index in [4.69, 9.17) is 4.74 Å². The van der Waals surface area contributed by atoms with Gasteiger partial charge in [0.15, 0.2) is 5.60 Å². The average molecular weight is 475 g/mol. The Balaban J connectivity index is 1.61. The van der Waals surface area contributed by atoms with E-state index in [-0.39, 0.29) is 0 Å². The summed E-state index contributed by atoms with van der Waals surface area (Å²) in [6.45, 7) is 5.23. The van der Waals surface area contributed by atoms with Crippen LogP contribution in [0.2, 0.25) is 0 Å². The molecular weight excluding hydrogens is 455 g/mol. The van der Waals surface area contributed by atoms with E-state index in [1.165, 1.54) is 37.3 Å². The molecule has 1 N–H and O–H groups in total. The number of fused-ring (bicyclic) bond motifs is 1. The molecule has 0 aliphatic carbocycles. The first-order chi connectivity index (χ1) is 15.5. The molecule has 0 fully saturated rings. The summed E-state index contributed by atoms with van der Waals surface area (Å²) >= 11 is 1.40. The van der Waals surface area contributed by atoms with E-state index in [1.807, 2.05) is 17.6 Å². The second-order valence-corrected chi connectivity index (χ2v) is 9.10. The van der Waals surface area contributed by atoms with Crippen LogP contribution in [-0.2, 0) is 17.5 Å². The minimum atomic E-state index is -4.38. The van der Waals surface area contributed by atoms with Crippen molar-refractivity contribution in [2.75, 3.05) is 0 Å². The summed E-state index contributed by atoms with van der Waals surface area (Å²) in [6, 6.07) is 10.2. The molecule has 2 heterocycles. The van der Waals surface area contributed by atoms with Gasteiger partial charge in [0.25, 0.3) is 0 Å². The number of aryl methyl sites for hydroxylation is 1. The number of thiazole rings is 1. The van der Waals surface area contributed by atoms with Crippen LogP contribution < -0.4 is 4.74 Å². The summed E-state index contributed by atoms with van der Waals surface area (Å²) in [5.41, 5.74) is 0.576. The predicted octanol–water partition coefficient (Wildman–Crippen LogP) is 5.78.